The summed E-state index contributed by atoms with van der Waals surface area (Å²) in [7, 11) is 2.17. The number of rotatable bonds is 3. The molecule has 154 valence electrons. The first-order valence-electron chi connectivity index (χ1n) is 10.4. The standard InChI is InChI=1S/C23H22N8/c1-30-10-12-31(13-11-30)19-6-2-5-17-20(19)27-23(26-17)22-21-18(28-29-22)8-7-16(25-21)15-4-3-9-24-14-15/h2-9,14H,10-13H2,1H3,(H,26,27)(H,28,29). The van der Waals surface area contributed by atoms with Crippen LogP contribution in [-0.4, -0.2) is 68.3 Å². The summed E-state index contributed by atoms with van der Waals surface area (Å²) in [6.07, 6.45) is 3.58. The van der Waals surface area contributed by atoms with Crippen LogP contribution in [-0.2, 0) is 0 Å². The summed E-state index contributed by atoms with van der Waals surface area (Å²) < 4.78 is 0. The van der Waals surface area contributed by atoms with E-state index in [0.29, 0.717) is 0 Å². The molecular weight excluding hydrogens is 388 g/mol. The molecule has 2 N–H and O–H groups in total. The second kappa shape index (κ2) is 7.17. The number of anilines is 1. The van der Waals surface area contributed by atoms with Gasteiger partial charge in [0.2, 0.25) is 0 Å². The lowest BCUT2D eigenvalue weighted by Gasteiger charge is -2.34. The highest BCUT2D eigenvalue weighted by atomic mass is 15.3. The maximum atomic E-state index is 4.96. The summed E-state index contributed by atoms with van der Waals surface area (Å²) in [5.74, 6) is 0.721. The molecule has 0 radical (unpaired) electrons. The van der Waals surface area contributed by atoms with Crippen LogP contribution in [0.15, 0.2) is 54.9 Å². The van der Waals surface area contributed by atoms with Gasteiger partial charge in [-0.2, -0.15) is 5.10 Å². The van der Waals surface area contributed by atoms with Crippen LogP contribution in [0.25, 0.3) is 44.8 Å². The first kappa shape index (κ1) is 18.0. The quantitative estimate of drug-likeness (QED) is 0.474. The molecule has 1 saturated heterocycles. The molecule has 4 aromatic heterocycles. The monoisotopic (exact) mass is 410 g/mol. The first-order valence-corrected chi connectivity index (χ1v) is 10.4. The molecule has 1 aliphatic rings. The zero-order chi connectivity index (χ0) is 20.8. The Balaban J connectivity index is 1.44. The Morgan fingerprint density at radius 3 is 2.61 bits per heavy atom. The molecular formula is C23H22N8. The van der Waals surface area contributed by atoms with E-state index in [4.69, 9.17) is 9.97 Å². The van der Waals surface area contributed by atoms with Crippen molar-refractivity contribution in [1.29, 1.82) is 0 Å². The molecule has 1 fully saturated rings. The number of imidazole rings is 1. The number of benzene rings is 1. The minimum atomic E-state index is 0.721. The smallest absolute Gasteiger partial charge is 0.161 e. The van der Waals surface area contributed by atoms with E-state index >= 15 is 0 Å². The van der Waals surface area contributed by atoms with Crippen molar-refractivity contribution < 1.29 is 0 Å². The van der Waals surface area contributed by atoms with E-state index in [1.807, 2.05) is 30.5 Å². The predicted molar refractivity (Wildman–Crippen MR) is 122 cm³/mol. The molecule has 8 heteroatoms. The molecule has 5 heterocycles. The number of fused-ring (bicyclic) bond motifs is 2. The second-order valence-electron chi connectivity index (χ2n) is 7.96. The zero-order valence-corrected chi connectivity index (χ0v) is 17.2. The number of para-hydroxylation sites is 1. The zero-order valence-electron chi connectivity index (χ0n) is 17.2. The third-order valence-electron chi connectivity index (χ3n) is 5.92. The lowest BCUT2D eigenvalue weighted by atomic mass is 10.2. The van der Waals surface area contributed by atoms with Crippen LogP contribution >= 0.6 is 0 Å². The van der Waals surface area contributed by atoms with E-state index < -0.39 is 0 Å². The molecule has 0 atom stereocenters. The van der Waals surface area contributed by atoms with Crippen LogP contribution < -0.4 is 4.90 Å². The normalized spacial score (nSPS) is 15.2. The predicted octanol–water partition coefficient (Wildman–Crippen LogP) is 3.32. The summed E-state index contributed by atoms with van der Waals surface area (Å²) in [4.78, 5) is 22.2. The number of nitrogens with zero attached hydrogens (tertiary/aromatic N) is 6. The number of nitrogens with one attached hydrogen (secondary N) is 2. The number of H-pyrrole nitrogens is 2. The minimum absolute atomic E-state index is 0.721. The number of hydrogen-bond acceptors (Lipinski definition) is 6. The number of hydrogen-bond donors (Lipinski definition) is 2. The summed E-state index contributed by atoms with van der Waals surface area (Å²) in [6, 6.07) is 14.2. The van der Waals surface area contributed by atoms with Gasteiger partial charge in [0.15, 0.2) is 11.5 Å². The third-order valence-corrected chi connectivity index (χ3v) is 5.92. The van der Waals surface area contributed by atoms with Crippen molar-refractivity contribution in [3.63, 3.8) is 0 Å². The summed E-state index contributed by atoms with van der Waals surface area (Å²) >= 11 is 0. The van der Waals surface area contributed by atoms with Crippen LogP contribution in [0, 0.1) is 0 Å². The number of aromatic nitrogens is 6. The highest BCUT2D eigenvalue weighted by Gasteiger charge is 2.20. The molecule has 0 unspecified atom stereocenters. The number of piperazine rings is 1. The van der Waals surface area contributed by atoms with Crippen molar-refractivity contribution >= 4 is 27.8 Å². The molecule has 8 nitrogen and oxygen atoms in total. The van der Waals surface area contributed by atoms with E-state index in [9.17, 15) is 0 Å². The minimum Gasteiger partial charge on any atom is -0.367 e. The van der Waals surface area contributed by atoms with Crippen LogP contribution in [0.5, 0.6) is 0 Å². The van der Waals surface area contributed by atoms with Crippen molar-refractivity contribution in [3.8, 4) is 22.8 Å². The fourth-order valence-electron chi connectivity index (χ4n) is 4.17. The molecule has 0 bridgehead atoms. The molecule has 5 aromatic rings. The maximum Gasteiger partial charge on any atom is 0.161 e. The molecule has 0 saturated carbocycles. The Kier molecular flexibility index (Phi) is 4.17. The van der Waals surface area contributed by atoms with Gasteiger partial charge >= 0.3 is 0 Å². The molecule has 31 heavy (non-hydrogen) atoms. The fraction of sp³-hybridized carbons (Fsp3) is 0.217. The SMILES string of the molecule is CN1CCN(c2cccc3[nH]c(-c4n[nH]c5ccc(-c6cccnc6)nc45)nc23)CC1. The maximum absolute atomic E-state index is 4.96. The summed E-state index contributed by atoms with van der Waals surface area (Å²) in [5.41, 5.74) is 7.37. The topological polar surface area (TPSA) is 89.6 Å². The lowest BCUT2D eigenvalue weighted by molar-refractivity contribution is 0.313. The van der Waals surface area contributed by atoms with Crippen LogP contribution in [0.2, 0.25) is 0 Å². The second-order valence-corrected chi connectivity index (χ2v) is 7.96. The molecule has 1 aliphatic heterocycles. The first-order chi connectivity index (χ1) is 15.3. The van der Waals surface area contributed by atoms with Gasteiger partial charge in [-0.3, -0.25) is 10.1 Å². The Morgan fingerprint density at radius 2 is 1.77 bits per heavy atom. The van der Waals surface area contributed by atoms with Gasteiger partial charge in [0.05, 0.1) is 22.4 Å². The fourth-order valence-corrected chi connectivity index (χ4v) is 4.17. The average Bonchev–Trinajstić information content (AvgIpc) is 3.43. The summed E-state index contributed by atoms with van der Waals surface area (Å²) in [6.45, 7) is 4.11. The average molecular weight is 410 g/mol. The van der Waals surface area contributed by atoms with Crippen molar-refractivity contribution in [2.75, 3.05) is 38.1 Å². The Bertz CT molecular complexity index is 1360. The van der Waals surface area contributed by atoms with Gasteiger partial charge in [-0.1, -0.05) is 6.07 Å². The summed E-state index contributed by atoms with van der Waals surface area (Å²) in [5, 5.41) is 7.62. The molecule has 1 aromatic carbocycles. The number of aromatic amines is 2. The number of pyridine rings is 2. The van der Waals surface area contributed by atoms with Crippen molar-refractivity contribution in [2.45, 2.75) is 0 Å². The van der Waals surface area contributed by atoms with E-state index in [2.05, 4.69) is 55.2 Å². The van der Waals surface area contributed by atoms with E-state index in [-0.39, 0.29) is 0 Å². The van der Waals surface area contributed by atoms with Gasteiger partial charge in [0.25, 0.3) is 0 Å². The Labute approximate surface area is 179 Å². The van der Waals surface area contributed by atoms with E-state index in [0.717, 1.165) is 76.7 Å². The highest BCUT2D eigenvalue weighted by Crippen LogP contribution is 2.31. The van der Waals surface area contributed by atoms with Gasteiger partial charge < -0.3 is 14.8 Å². The van der Waals surface area contributed by atoms with Gasteiger partial charge in [-0.05, 0) is 43.4 Å². The van der Waals surface area contributed by atoms with E-state index in [1.165, 1.54) is 0 Å². The molecule has 0 amide bonds. The molecule has 0 aliphatic carbocycles. The highest BCUT2D eigenvalue weighted by molar-refractivity contribution is 5.95. The Morgan fingerprint density at radius 1 is 0.871 bits per heavy atom. The van der Waals surface area contributed by atoms with Gasteiger partial charge in [-0.15, -0.1) is 0 Å². The van der Waals surface area contributed by atoms with Crippen molar-refractivity contribution in [3.05, 3.63) is 54.9 Å². The van der Waals surface area contributed by atoms with E-state index in [1.54, 1.807) is 6.20 Å². The Hall–Kier alpha value is -3.78. The van der Waals surface area contributed by atoms with Gasteiger partial charge in [-0.25, -0.2) is 9.97 Å². The van der Waals surface area contributed by atoms with Crippen LogP contribution in [0.4, 0.5) is 5.69 Å². The van der Waals surface area contributed by atoms with Gasteiger partial charge in [0.1, 0.15) is 11.0 Å². The van der Waals surface area contributed by atoms with Crippen molar-refractivity contribution in [2.24, 2.45) is 0 Å². The molecule has 6 rings (SSSR count). The van der Waals surface area contributed by atoms with Crippen molar-refractivity contribution in [1.82, 2.24) is 35.0 Å². The largest absolute Gasteiger partial charge is 0.367 e. The molecule has 0 spiro atoms. The number of likely N-dealkylation sites (N-methyl/N-ethyl adjacent to an activating group) is 1. The van der Waals surface area contributed by atoms with Crippen LogP contribution in [0.3, 0.4) is 0 Å². The van der Waals surface area contributed by atoms with Gasteiger partial charge in [0, 0.05) is 44.1 Å². The lowest BCUT2D eigenvalue weighted by Crippen LogP contribution is -2.44. The van der Waals surface area contributed by atoms with Crippen LogP contribution in [0.1, 0.15) is 0 Å². The third kappa shape index (κ3) is 3.12.